The summed E-state index contributed by atoms with van der Waals surface area (Å²) in [5, 5.41) is 11.9. The number of hydroxylamine groups is 2. The molecule has 88 valence electrons. The van der Waals surface area contributed by atoms with Crippen molar-refractivity contribution in [1.82, 2.24) is 0 Å². The van der Waals surface area contributed by atoms with E-state index in [1.807, 2.05) is 6.08 Å². The summed E-state index contributed by atoms with van der Waals surface area (Å²) in [7, 11) is 0. The van der Waals surface area contributed by atoms with Gasteiger partial charge >= 0.3 is 0 Å². The SMILES string of the molecule is CCCCCCCCC1(C)CC=C[NH+]1[O-]. The van der Waals surface area contributed by atoms with Gasteiger partial charge in [-0.3, -0.25) is 0 Å². The highest BCUT2D eigenvalue weighted by molar-refractivity contribution is 4.92. The molecule has 0 spiro atoms. The summed E-state index contributed by atoms with van der Waals surface area (Å²) in [5.41, 5.74) is -0.0508. The van der Waals surface area contributed by atoms with E-state index in [0.29, 0.717) is 5.06 Å². The lowest BCUT2D eigenvalue weighted by Gasteiger charge is -2.34. The Kier molecular flexibility index (Phi) is 5.34. The van der Waals surface area contributed by atoms with E-state index in [2.05, 4.69) is 13.8 Å². The minimum atomic E-state index is -0.0508. The molecule has 0 bridgehead atoms. The van der Waals surface area contributed by atoms with Crippen molar-refractivity contribution < 1.29 is 5.06 Å². The molecule has 0 amide bonds. The second kappa shape index (κ2) is 6.29. The summed E-state index contributed by atoms with van der Waals surface area (Å²) in [5.74, 6) is 0. The van der Waals surface area contributed by atoms with Gasteiger partial charge in [0.15, 0.2) is 0 Å². The van der Waals surface area contributed by atoms with Crippen LogP contribution in [0.1, 0.15) is 65.2 Å². The van der Waals surface area contributed by atoms with Gasteiger partial charge in [-0.2, -0.15) is 0 Å². The van der Waals surface area contributed by atoms with E-state index in [-0.39, 0.29) is 5.54 Å². The number of quaternary nitrogens is 1. The molecule has 0 aromatic heterocycles. The van der Waals surface area contributed by atoms with Crippen LogP contribution in [0, 0.1) is 5.21 Å². The minimum Gasteiger partial charge on any atom is -0.629 e. The Morgan fingerprint density at radius 3 is 2.47 bits per heavy atom. The van der Waals surface area contributed by atoms with Crippen LogP contribution in [0.5, 0.6) is 0 Å². The van der Waals surface area contributed by atoms with Crippen LogP contribution in [-0.2, 0) is 0 Å². The lowest BCUT2D eigenvalue weighted by atomic mass is 9.92. The summed E-state index contributed by atoms with van der Waals surface area (Å²) < 4.78 is 0. The van der Waals surface area contributed by atoms with Crippen molar-refractivity contribution in [2.75, 3.05) is 0 Å². The zero-order chi connectivity index (χ0) is 11.1. The average molecular weight is 211 g/mol. The third-order valence-corrected chi connectivity index (χ3v) is 3.51. The van der Waals surface area contributed by atoms with Gasteiger partial charge in [0.25, 0.3) is 0 Å². The van der Waals surface area contributed by atoms with Gasteiger partial charge in [-0.05, 0) is 19.4 Å². The summed E-state index contributed by atoms with van der Waals surface area (Å²) in [6, 6.07) is 0. The second-order valence-corrected chi connectivity index (χ2v) is 5.05. The molecular weight excluding hydrogens is 186 g/mol. The number of unbranched alkanes of at least 4 members (excludes halogenated alkanes) is 5. The van der Waals surface area contributed by atoms with Gasteiger partial charge in [0, 0.05) is 12.8 Å². The molecule has 0 saturated carbocycles. The fourth-order valence-corrected chi connectivity index (χ4v) is 2.25. The highest BCUT2D eigenvalue weighted by Crippen LogP contribution is 2.19. The molecule has 0 aromatic carbocycles. The molecule has 1 aliphatic heterocycles. The number of hydrogen-bond acceptors (Lipinski definition) is 1. The van der Waals surface area contributed by atoms with Crippen LogP contribution in [-0.4, -0.2) is 5.54 Å². The largest absolute Gasteiger partial charge is 0.629 e. The molecule has 2 heteroatoms. The smallest absolute Gasteiger partial charge is 0.102 e. The molecule has 0 fully saturated rings. The lowest BCUT2D eigenvalue weighted by Crippen LogP contribution is -3.10. The molecule has 15 heavy (non-hydrogen) atoms. The van der Waals surface area contributed by atoms with Crippen LogP contribution >= 0.6 is 0 Å². The molecule has 1 N–H and O–H groups in total. The van der Waals surface area contributed by atoms with E-state index in [1.54, 1.807) is 6.20 Å². The fraction of sp³-hybridized carbons (Fsp3) is 0.846. The van der Waals surface area contributed by atoms with Gasteiger partial charge < -0.3 is 10.3 Å². The van der Waals surface area contributed by atoms with E-state index >= 15 is 0 Å². The van der Waals surface area contributed by atoms with Gasteiger partial charge in [0.2, 0.25) is 0 Å². The zero-order valence-electron chi connectivity index (χ0n) is 10.2. The summed E-state index contributed by atoms with van der Waals surface area (Å²) in [4.78, 5) is 0. The van der Waals surface area contributed by atoms with Gasteiger partial charge in [-0.15, -0.1) is 0 Å². The summed E-state index contributed by atoms with van der Waals surface area (Å²) >= 11 is 0. The topological polar surface area (TPSA) is 27.5 Å². The van der Waals surface area contributed by atoms with Crippen molar-refractivity contribution in [3.8, 4) is 0 Å². The van der Waals surface area contributed by atoms with E-state index in [1.165, 1.54) is 38.5 Å². The first-order valence-corrected chi connectivity index (χ1v) is 6.40. The van der Waals surface area contributed by atoms with E-state index in [9.17, 15) is 5.21 Å². The van der Waals surface area contributed by atoms with Crippen LogP contribution in [0.15, 0.2) is 12.3 Å². The predicted molar refractivity (Wildman–Crippen MR) is 64.5 cm³/mol. The Bertz CT molecular complexity index is 203. The number of nitrogens with one attached hydrogen (secondary N) is 1. The maximum Gasteiger partial charge on any atom is 0.102 e. The van der Waals surface area contributed by atoms with Crippen LogP contribution < -0.4 is 5.06 Å². The van der Waals surface area contributed by atoms with E-state index in [4.69, 9.17) is 0 Å². The first-order chi connectivity index (χ1) is 7.19. The van der Waals surface area contributed by atoms with E-state index < -0.39 is 0 Å². The summed E-state index contributed by atoms with van der Waals surface area (Å²) in [6.07, 6.45) is 13.7. The molecule has 0 aromatic rings. The van der Waals surface area contributed by atoms with Crippen molar-refractivity contribution >= 4 is 0 Å². The Morgan fingerprint density at radius 2 is 1.87 bits per heavy atom. The fourth-order valence-electron chi connectivity index (χ4n) is 2.25. The third-order valence-electron chi connectivity index (χ3n) is 3.51. The predicted octanol–water partition coefficient (Wildman–Crippen LogP) is 2.80. The molecule has 1 heterocycles. The maximum absolute atomic E-state index is 11.6. The minimum absolute atomic E-state index is 0.0508. The summed E-state index contributed by atoms with van der Waals surface area (Å²) in [6.45, 7) is 4.35. The van der Waals surface area contributed by atoms with Crippen LogP contribution in [0.25, 0.3) is 0 Å². The van der Waals surface area contributed by atoms with Crippen molar-refractivity contribution in [3.63, 3.8) is 0 Å². The molecule has 0 radical (unpaired) electrons. The molecule has 1 rings (SSSR count). The first kappa shape index (κ1) is 12.7. The molecule has 0 aliphatic carbocycles. The third kappa shape index (κ3) is 3.96. The molecule has 2 atom stereocenters. The molecule has 1 aliphatic rings. The molecule has 2 unspecified atom stereocenters. The van der Waals surface area contributed by atoms with Crippen LogP contribution in [0.3, 0.4) is 0 Å². The van der Waals surface area contributed by atoms with Gasteiger partial charge in [0.1, 0.15) is 5.54 Å². The Morgan fingerprint density at radius 1 is 1.20 bits per heavy atom. The average Bonchev–Trinajstić information content (AvgIpc) is 2.54. The lowest BCUT2D eigenvalue weighted by molar-refractivity contribution is -0.845. The van der Waals surface area contributed by atoms with E-state index in [0.717, 1.165) is 12.8 Å². The van der Waals surface area contributed by atoms with Crippen molar-refractivity contribution in [2.45, 2.75) is 70.8 Å². The normalized spacial score (nSPS) is 29.9. The standard InChI is InChI=1S/C13H25NO/c1-3-4-5-6-7-8-10-13(2)11-9-12-14(13)15/h9,12,14H,3-8,10-11H2,1-2H3. The van der Waals surface area contributed by atoms with Crippen LogP contribution in [0.2, 0.25) is 0 Å². The molecule has 0 saturated heterocycles. The van der Waals surface area contributed by atoms with Gasteiger partial charge in [-0.25, -0.2) is 0 Å². The van der Waals surface area contributed by atoms with Crippen molar-refractivity contribution in [3.05, 3.63) is 17.5 Å². The van der Waals surface area contributed by atoms with Crippen molar-refractivity contribution in [1.29, 1.82) is 0 Å². The molecular formula is C13H25NO. The molecule has 2 nitrogen and oxygen atoms in total. The monoisotopic (exact) mass is 211 g/mol. The highest BCUT2D eigenvalue weighted by atomic mass is 16.5. The Hall–Kier alpha value is -0.340. The van der Waals surface area contributed by atoms with Crippen LogP contribution in [0.4, 0.5) is 0 Å². The first-order valence-electron chi connectivity index (χ1n) is 6.40. The van der Waals surface area contributed by atoms with Gasteiger partial charge in [-0.1, -0.05) is 39.0 Å². The maximum atomic E-state index is 11.6. The quantitative estimate of drug-likeness (QED) is 0.509. The number of rotatable bonds is 7. The van der Waals surface area contributed by atoms with Gasteiger partial charge in [0.05, 0.1) is 6.20 Å². The Labute approximate surface area is 93.9 Å². The highest BCUT2D eigenvalue weighted by Gasteiger charge is 2.31. The Balaban J connectivity index is 2.05. The zero-order valence-corrected chi connectivity index (χ0v) is 10.2. The second-order valence-electron chi connectivity index (χ2n) is 5.05. The van der Waals surface area contributed by atoms with Crippen molar-refractivity contribution in [2.24, 2.45) is 0 Å². The number of hydrogen-bond donors (Lipinski definition) is 1.